The van der Waals surface area contributed by atoms with E-state index in [0.29, 0.717) is 25.5 Å². The maximum Gasteiger partial charge on any atom is 0.230 e. The topological polar surface area (TPSA) is 85.3 Å². The lowest BCUT2D eigenvalue weighted by Crippen LogP contribution is -2.37. The number of rotatable bonds is 3. The standard InChI is InChI=1S/C24H26N4O4/c1-30-27-19-7-4-16(5-8-19)24(29)28-14-18-3-2-10-25-23(18)26-20-9-6-17(13-21(20)28)22-15-31-11-12-32-22/h2-3,6,9-10,13,15-16H,4-5,7-8,11-12,14H2,1H3,(H,25,26). The minimum absolute atomic E-state index is 0.0611. The van der Waals surface area contributed by atoms with Gasteiger partial charge in [-0.3, -0.25) is 4.79 Å². The highest BCUT2D eigenvalue weighted by molar-refractivity contribution is 6.01. The highest BCUT2D eigenvalue weighted by Crippen LogP contribution is 2.39. The number of fused-ring (bicyclic) bond motifs is 2. The molecule has 1 fully saturated rings. The van der Waals surface area contributed by atoms with Gasteiger partial charge in [-0.05, 0) is 49.9 Å². The number of carbonyl (C=O) groups is 1. The zero-order valence-electron chi connectivity index (χ0n) is 18.0. The Kier molecular flexibility index (Phi) is 5.66. The van der Waals surface area contributed by atoms with E-state index in [-0.39, 0.29) is 11.8 Å². The Hall–Kier alpha value is -3.55. The first-order chi connectivity index (χ1) is 15.7. The summed E-state index contributed by atoms with van der Waals surface area (Å²) in [6.45, 7) is 1.50. The highest BCUT2D eigenvalue weighted by atomic mass is 16.6. The van der Waals surface area contributed by atoms with Crippen molar-refractivity contribution in [3.8, 4) is 0 Å². The van der Waals surface area contributed by atoms with E-state index in [4.69, 9.17) is 14.3 Å². The molecular weight excluding hydrogens is 408 g/mol. The van der Waals surface area contributed by atoms with Gasteiger partial charge in [0.15, 0.2) is 5.76 Å². The molecular formula is C24H26N4O4. The molecule has 1 aromatic carbocycles. The van der Waals surface area contributed by atoms with E-state index in [1.54, 1.807) is 19.6 Å². The molecule has 0 unspecified atom stereocenters. The van der Waals surface area contributed by atoms with Gasteiger partial charge in [-0.25, -0.2) is 4.98 Å². The number of pyridine rings is 1. The summed E-state index contributed by atoms with van der Waals surface area (Å²) in [6.07, 6.45) is 6.48. The number of carbonyl (C=O) groups excluding carboxylic acids is 1. The summed E-state index contributed by atoms with van der Waals surface area (Å²) < 4.78 is 11.2. The number of hydrogen-bond acceptors (Lipinski definition) is 7. The fraction of sp³-hybridized carbons (Fsp3) is 0.375. The molecule has 8 heteroatoms. The molecule has 0 spiro atoms. The van der Waals surface area contributed by atoms with Crippen LogP contribution in [0.15, 0.2) is 47.9 Å². The van der Waals surface area contributed by atoms with Gasteiger partial charge in [0.1, 0.15) is 32.4 Å². The smallest absolute Gasteiger partial charge is 0.230 e. The lowest BCUT2D eigenvalue weighted by Gasteiger charge is -2.30. The molecule has 0 saturated heterocycles. The molecule has 3 aliphatic rings. The molecule has 1 amide bonds. The third kappa shape index (κ3) is 4.00. The van der Waals surface area contributed by atoms with Crippen molar-refractivity contribution < 1.29 is 19.1 Å². The van der Waals surface area contributed by atoms with E-state index in [9.17, 15) is 4.79 Å². The second kappa shape index (κ2) is 8.90. The molecule has 1 aliphatic carbocycles. The van der Waals surface area contributed by atoms with E-state index < -0.39 is 0 Å². The van der Waals surface area contributed by atoms with E-state index in [1.807, 2.05) is 35.2 Å². The van der Waals surface area contributed by atoms with E-state index in [1.165, 1.54) is 0 Å². The quantitative estimate of drug-likeness (QED) is 0.729. The Bertz CT molecular complexity index is 1070. The van der Waals surface area contributed by atoms with Gasteiger partial charge in [-0.2, -0.15) is 0 Å². The Morgan fingerprint density at radius 3 is 2.91 bits per heavy atom. The van der Waals surface area contributed by atoms with Gasteiger partial charge < -0.3 is 24.5 Å². The van der Waals surface area contributed by atoms with Crippen LogP contribution in [0.4, 0.5) is 17.2 Å². The number of ether oxygens (including phenoxy) is 2. The van der Waals surface area contributed by atoms with Gasteiger partial charge in [0.2, 0.25) is 5.91 Å². The van der Waals surface area contributed by atoms with Gasteiger partial charge in [-0.1, -0.05) is 11.2 Å². The maximum absolute atomic E-state index is 13.8. The van der Waals surface area contributed by atoms with Crippen molar-refractivity contribution in [2.75, 3.05) is 30.5 Å². The summed E-state index contributed by atoms with van der Waals surface area (Å²) in [5.41, 5.74) is 4.53. The molecule has 0 radical (unpaired) electrons. The molecule has 2 aromatic rings. The number of benzene rings is 1. The van der Waals surface area contributed by atoms with Crippen molar-refractivity contribution in [1.29, 1.82) is 0 Å². The molecule has 5 rings (SSSR count). The SMILES string of the molecule is CON=C1CCC(C(=O)N2Cc3cccnc3Nc3ccc(C4=COCCO4)cc32)CC1. The van der Waals surface area contributed by atoms with E-state index in [0.717, 1.165) is 59.7 Å². The Morgan fingerprint density at radius 1 is 1.25 bits per heavy atom. The van der Waals surface area contributed by atoms with Gasteiger partial charge in [0.25, 0.3) is 0 Å². The third-order valence-corrected chi connectivity index (χ3v) is 6.09. The molecule has 0 bridgehead atoms. The first kappa shape index (κ1) is 20.4. The predicted molar refractivity (Wildman–Crippen MR) is 121 cm³/mol. The van der Waals surface area contributed by atoms with Gasteiger partial charge in [-0.15, -0.1) is 0 Å². The van der Waals surface area contributed by atoms with Gasteiger partial charge >= 0.3 is 0 Å². The third-order valence-electron chi connectivity index (χ3n) is 6.09. The number of anilines is 3. The van der Waals surface area contributed by atoms with Crippen molar-refractivity contribution in [3.63, 3.8) is 0 Å². The van der Waals surface area contributed by atoms with Crippen molar-refractivity contribution in [1.82, 2.24) is 4.98 Å². The Balaban J connectivity index is 1.50. The second-order valence-electron chi connectivity index (χ2n) is 8.11. The number of aromatic nitrogens is 1. The lowest BCUT2D eigenvalue weighted by molar-refractivity contribution is -0.123. The van der Waals surface area contributed by atoms with Crippen LogP contribution in [0.3, 0.4) is 0 Å². The van der Waals surface area contributed by atoms with Crippen LogP contribution in [0.2, 0.25) is 0 Å². The van der Waals surface area contributed by atoms with E-state index in [2.05, 4.69) is 15.5 Å². The fourth-order valence-corrected chi connectivity index (χ4v) is 4.43. The van der Waals surface area contributed by atoms with Crippen LogP contribution in [-0.4, -0.2) is 36.9 Å². The van der Waals surface area contributed by atoms with Crippen LogP contribution >= 0.6 is 0 Å². The summed E-state index contributed by atoms with van der Waals surface area (Å²) in [5, 5.41) is 7.49. The first-order valence-electron chi connectivity index (χ1n) is 10.9. The zero-order chi connectivity index (χ0) is 21.9. The zero-order valence-corrected chi connectivity index (χ0v) is 18.0. The van der Waals surface area contributed by atoms with Crippen molar-refractivity contribution >= 4 is 34.6 Å². The summed E-state index contributed by atoms with van der Waals surface area (Å²) in [7, 11) is 1.56. The molecule has 2 aliphatic heterocycles. The van der Waals surface area contributed by atoms with Gasteiger partial charge in [0, 0.05) is 23.2 Å². The molecule has 0 atom stereocenters. The first-order valence-corrected chi connectivity index (χ1v) is 10.9. The Morgan fingerprint density at radius 2 is 2.12 bits per heavy atom. The van der Waals surface area contributed by atoms with Gasteiger partial charge in [0.05, 0.1) is 23.6 Å². The van der Waals surface area contributed by atoms with Crippen LogP contribution in [0, 0.1) is 5.92 Å². The maximum atomic E-state index is 13.8. The monoisotopic (exact) mass is 434 g/mol. The van der Waals surface area contributed by atoms with Crippen LogP contribution in [0.5, 0.6) is 0 Å². The largest absolute Gasteiger partial charge is 0.494 e. The fourth-order valence-electron chi connectivity index (χ4n) is 4.43. The van der Waals surface area contributed by atoms with Crippen LogP contribution in [-0.2, 0) is 25.7 Å². The van der Waals surface area contributed by atoms with Crippen LogP contribution < -0.4 is 10.2 Å². The Labute approximate surface area is 186 Å². The molecule has 8 nitrogen and oxygen atoms in total. The van der Waals surface area contributed by atoms with Crippen LogP contribution in [0.25, 0.3) is 5.76 Å². The summed E-state index contributed by atoms with van der Waals surface area (Å²) in [6, 6.07) is 9.84. The molecule has 1 aromatic heterocycles. The minimum Gasteiger partial charge on any atom is -0.494 e. The van der Waals surface area contributed by atoms with Crippen LogP contribution in [0.1, 0.15) is 36.8 Å². The molecule has 1 N–H and O–H groups in total. The molecule has 3 heterocycles. The van der Waals surface area contributed by atoms with E-state index >= 15 is 0 Å². The van der Waals surface area contributed by atoms with Crippen molar-refractivity contribution in [2.45, 2.75) is 32.2 Å². The number of nitrogens with one attached hydrogen (secondary N) is 1. The number of amides is 1. The normalized spacial score (nSPS) is 19.8. The predicted octanol–water partition coefficient (Wildman–Crippen LogP) is 4.21. The molecule has 166 valence electrons. The summed E-state index contributed by atoms with van der Waals surface area (Å²) in [5.74, 6) is 1.50. The molecule has 1 saturated carbocycles. The van der Waals surface area contributed by atoms with Crippen molar-refractivity contribution in [3.05, 3.63) is 53.9 Å². The summed E-state index contributed by atoms with van der Waals surface area (Å²) in [4.78, 5) is 25.1. The number of nitrogens with zero attached hydrogens (tertiary/aromatic N) is 3. The average Bonchev–Trinajstić information content (AvgIpc) is 3.01. The van der Waals surface area contributed by atoms with Crippen molar-refractivity contribution in [2.24, 2.45) is 11.1 Å². The summed E-state index contributed by atoms with van der Waals surface area (Å²) >= 11 is 0. The lowest BCUT2D eigenvalue weighted by atomic mass is 9.86. The second-order valence-corrected chi connectivity index (χ2v) is 8.11. The number of hydrogen-bond donors (Lipinski definition) is 1. The minimum atomic E-state index is -0.0611. The molecule has 32 heavy (non-hydrogen) atoms. The average molecular weight is 434 g/mol. The number of oxime groups is 1. The highest BCUT2D eigenvalue weighted by Gasteiger charge is 2.32.